The number of anilines is 1. The van der Waals surface area contributed by atoms with Gasteiger partial charge in [0.1, 0.15) is 22.8 Å². The number of carbonyl (C=O) groups excluding carboxylic acids is 2. The summed E-state index contributed by atoms with van der Waals surface area (Å²) < 4.78 is 18.7. The summed E-state index contributed by atoms with van der Waals surface area (Å²) in [5, 5.41) is 6.85. The van der Waals surface area contributed by atoms with E-state index >= 15 is 0 Å². The summed E-state index contributed by atoms with van der Waals surface area (Å²) in [6.45, 7) is 5.61. The van der Waals surface area contributed by atoms with Crippen LogP contribution in [0.1, 0.15) is 23.0 Å². The van der Waals surface area contributed by atoms with Gasteiger partial charge in [0, 0.05) is 37.4 Å². The molecular weight excluding hydrogens is 411 g/mol. The molecule has 2 amide bonds. The van der Waals surface area contributed by atoms with Gasteiger partial charge in [-0.05, 0) is 32.0 Å². The highest BCUT2D eigenvalue weighted by Crippen LogP contribution is 2.27. The number of benzene rings is 2. The molecule has 1 fully saturated rings. The van der Waals surface area contributed by atoms with Crippen molar-refractivity contribution < 1.29 is 18.5 Å². The number of nitrogens with one attached hydrogen (secondary N) is 1. The molecule has 1 N–H and O–H groups in total. The SMILES string of the molecule is Cc1onc(-c2ccccc2)c1C(=O)N1CCN(C(C)C(=O)Nc2cccc(F)c2)CC1. The van der Waals surface area contributed by atoms with E-state index in [9.17, 15) is 14.0 Å². The van der Waals surface area contributed by atoms with E-state index in [-0.39, 0.29) is 11.8 Å². The van der Waals surface area contributed by atoms with Crippen LogP contribution >= 0.6 is 0 Å². The first-order valence-electron chi connectivity index (χ1n) is 10.6. The molecule has 32 heavy (non-hydrogen) atoms. The molecule has 3 aromatic rings. The van der Waals surface area contributed by atoms with Crippen LogP contribution in [0.2, 0.25) is 0 Å². The monoisotopic (exact) mass is 436 g/mol. The van der Waals surface area contributed by atoms with Crippen molar-refractivity contribution in [1.29, 1.82) is 0 Å². The maximum absolute atomic E-state index is 13.4. The predicted octanol–water partition coefficient (Wildman–Crippen LogP) is 3.57. The van der Waals surface area contributed by atoms with Crippen LogP contribution in [0.25, 0.3) is 11.3 Å². The Morgan fingerprint density at radius 2 is 1.78 bits per heavy atom. The van der Waals surface area contributed by atoms with E-state index < -0.39 is 11.9 Å². The van der Waals surface area contributed by atoms with Gasteiger partial charge in [-0.3, -0.25) is 14.5 Å². The normalized spacial score (nSPS) is 15.4. The van der Waals surface area contributed by atoms with Crippen molar-refractivity contribution in [3.8, 4) is 11.3 Å². The molecule has 1 atom stereocenters. The molecule has 0 spiro atoms. The largest absolute Gasteiger partial charge is 0.360 e. The lowest BCUT2D eigenvalue weighted by atomic mass is 10.0. The van der Waals surface area contributed by atoms with Crippen LogP contribution < -0.4 is 5.32 Å². The number of aromatic nitrogens is 1. The number of carbonyl (C=O) groups is 2. The Bertz CT molecular complexity index is 1110. The average molecular weight is 436 g/mol. The van der Waals surface area contributed by atoms with Crippen molar-refractivity contribution in [2.45, 2.75) is 19.9 Å². The van der Waals surface area contributed by atoms with E-state index in [1.165, 1.54) is 12.1 Å². The molecule has 8 heteroatoms. The summed E-state index contributed by atoms with van der Waals surface area (Å²) in [4.78, 5) is 29.6. The predicted molar refractivity (Wildman–Crippen MR) is 119 cm³/mol. The smallest absolute Gasteiger partial charge is 0.259 e. The molecule has 0 radical (unpaired) electrons. The van der Waals surface area contributed by atoms with Crippen LogP contribution in [-0.2, 0) is 4.79 Å². The van der Waals surface area contributed by atoms with Crippen molar-refractivity contribution in [1.82, 2.24) is 15.0 Å². The minimum absolute atomic E-state index is 0.126. The second-order valence-electron chi connectivity index (χ2n) is 7.83. The van der Waals surface area contributed by atoms with Crippen LogP contribution in [0, 0.1) is 12.7 Å². The van der Waals surface area contributed by atoms with Crippen molar-refractivity contribution in [2.75, 3.05) is 31.5 Å². The first-order chi connectivity index (χ1) is 15.4. The molecular formula is C24H25FN4O3. The fourth-order valence-electron chi connectivity index (χ4n) is 3.87. The van der Waals surface area contributed by atoms with Crippen molar-refractivity contribution >= 4 is 17.5 Å². The van der Waals surface area contributed by atoms with Crippen LogP contribution in [0.4, 0.5) is 10.1 Å². The molecule has 166 valence electrons. The molecule has 1 aliphatic rings. The van der Waals surface area contributed by atoms with Gasteiger partial charge in [0.25, 0.3) is 5.91 Å². The Hall–Kier alpha value is -3.52. The van der Waals surface area contributed by atoms with Crippen LogP contribution in [0.3, 0.4) is 0 Å². The van der Waals surface area contributed by atoms with Crippen LogP contribution in [0.5, 0.6) is 0 Å². The summed E-state index contributed by atoms with van der Waals surface area (Å²) in [5.74, 6) is -0.253. The second kappa shape index (κ2) is 9.32. The van der Waals surface area contributed by atoms with Crippen molar-refractivity contribution in [2.24, 2.45) is 0 Å². The second-order valence-corrected chi connectivity index (χ2v) is 7.83. The Morgan fingerprint density at radius 1 is 1.06 bits per heavy atom. The Labute approximate surface area is 185 Å². The molecule has 4 rings (SSSR count). The third-order valence-corrected chi connectivity index (χ3v) is 5.74. The van der Waals surface area contributed by atoms with E-state index in [1.807, 2.05) is 42.2 Å². The molecule has 0 bridgehead atoms. The number of amides is 2. The molecule has 2 heterocycles. The van der Waals surface area contributed by atoms with Gasteiger partial charge in [0.15, 0.2) is 0 Å². The minimum atomic E-state index is -0.410. The van der Waals surface area contributed by atoms with Crippen LogP contribution in [0.15, 0.2) is 59.1 Å². The molecule has 7 nitrogen and oxygen atoms in total. The Morgan fingerprint density at radius 3 is 2.47 bits per heavy atom. The number of nitrogens with zero attached hydrogens (tertiary/aromatic N) is 3. The molecule has 2 aromatic carbocycles. The number of hydrogen-bond acceptors (Lipinski definition) is 5. The summed E-state index contributed by atoms with van der Waals surface area (Å²) in [6, 6.07) is 14.9. The molecule has 1 aliphatic heterocycles. The van der Waals surface area contributed by atoms with E-state index in [0.29, 0.717) is 48.9 Å². The zero-order chi connectivity index (χ0) is 22.7. The highest BCUT2D eigenvalue weighted by atomic mass is 19.1. The topological polar surface area (TPSA) is 78.7 Å². The van der Waals surface area contributed by atoms with Gasteiger partial charge in [-0.2, -0.15) is 0 Å². The zero-order valence-corrected chi connectivity index (χ0v) is 18.0. The first kappa shape index (κ1) is 21.7. The van der Waals surface area contributed by atoms with Gasteiger partial charge in [-0.25, -0.2) is 4.39 Å². The van der Waals surface area contributed by atoms with Gasteiger partial charge < -0.3 is 14.7 Å². The van der Waals surface area contributed by atoms with Crippen molar-refractivity contribution in [3.05, 3.63) is 71.7 Å². The summed E-state index contributed by atoms with van der Waals surface area (Å²) in [5.41, 5.74) is 2.26. The van der Waals surface area contributed by atoms with E-state index in [1.54, 1.807) is 24.0 Å². The lowest BCUT2D eigenvalue weighted by Gasteiger charge is -2.37. The Kier molecular flexibility index (Phi) is 6.32. The standard InChI is InChI=1S/C24H25FN4O3/c1-16(23(30)26-20-10-6-9-19(25)15-20)28-11-13-29(14-12-28)24(31)21-17(2)32-27-22(21)18-7-4-3-5-8-18/h3-10,15-16H,11-14H2,1-2H3,(H,26,30). The number of halogens is 1. The first-order valence-corrected chi connectivity index (χ1v) is 10.6. The highest BCUT2D eigenvalue weighted by Gasteiger charge is 2.31. The van der Waals surface area contributed by atoms with Gasteiger partial charge in [0.2, 0.25) is 5.91 Å². The van der Waals surface area contributed by atoms with E-state index in [4.69, 9.17) is 4.52 Å². The van der Waals surface area contributed by atoms with Crippen molar-refractivity contribution in [3.63, 3.8) is 0 Å². The average Bonchev–Trinajstić information content (AvgIpc) is 3.20. The number of hydrogen-bond donors (Lipinski definition) is 1. The molecule has 1 unspecified atom stereocenters. The summed E-state index contributed by atoms with van der Waals surface area (Å²) in [7, 11) is 0. The third kappa shape index (κ3) is 4.55. The molecule has 0 aliphatic carbocycles. The lowest BCUT2D eigenvalue weighted by molar-refractivity contribution is -0.121. The van der Waals surface area contributed by atoms with Gasteiger partial charge >= 0.3 is 0 Å². The summed E-state index contributed by atoms with van der Waals surface area (Å²) in [6.07, 6.45) is 0. The third-order valence-electron chi connectivity index (χ3n) is 5.74. The van der Waals surface area contributed by atoms with E-state index in [0.717, 1.165) is 5.56 Å². The minimum Gasteiger partial charge on any atom is -0.360 e. The molecule has 1 aromatic heterocycles. The molecule has 1 saturated heterocycles. The van der Waals surface area contributed by atoms with Gasteiger partial charge in [0.05, 0.1) is 6.04 Å². The maximum atomic E-state index is 13.4. The zero-order valence-electron chi connectivity index (χ0n) is 18.0. The van der Waals surface area contributed by atoms with Crippen LogP contribution in [-0.4, -0.2) is 59.0 Å². The van der Waals surface area contributed by atoms with E-state index in [2.05, 4.69) is 10.5 Å². The number of aryl methyl sites for hydroxylation is 1. The summed E-state index contributed by atoms with van der Waals surface area (Å²) >= 11 is 0. The number of piperazine rings is 1. The maximum Gasteiger partial charge on any atom is 0.259 e. The molecule has 0 saturated carbocycles. The fourth-order valence-corrected chi connectivity index (χ4v) is 3.87. The quantitative estimate of drug-likeness (QED) is 0.662. The fraction of sp³-hybridized carbons (Fsp3) is 0.292. The Balaban J connectivity index is 1.39. The van der Waals surface area contributed by atoms with Gasteiger partial charge in [-0.15, -0.1) is 0 Å². The lowest BCUT2D eigenvalue weighted by Crippen LogP contribution is -2.54. The number of rotatable bonds is 5. The van der Waals surface area contributed by atoms with Gasteiger partial charge in [-0.1, -0.05) is 41.6 Å². The highest BCUT2D eigenvalue weighted by molar-refractivity contribution is 6.01.